The lowest BCUT2D eigenvalue weighted by molar-refractivity contribution is 0.147. The van der Waals surface area contributed by atoms with E-state index in [4.69, 9.17) is 11.6 Å². The molecule has 1 saturated heterocycles. The van der Waals surface area contributed by atoms with Crippen molar-refractivity contribution in [2.45, 2.75) is 6.04 Å². The Labute approximate surface area is 129 Å². The predicted molar refractivity (Wildman–Crippen MR) is 79.1 cm³/mol. The lowest BCUT2D eigenvalue weighted by atomic mass is 10.1. The topological polar surface area (TPSA) is 15.3 Å². The average Bonchev–Trinajstić information content (AvgIpc) is 2.36. The summed E-state index contributed by atoms with van der Waals surface area (Å²) in [7, 11) is 0. The number of hydrogen-bond acceptors (Lipinski definition) is 2. The maximum atomic E-state index is 13.2. The van der Waals surface area contributed by atoms with Crippen molar-refractivity contribution in [3.05, 3.63) is 34.6 Å². The molecular formula is C12H17Cl3F2N2. The Hall–Kier alpha value is -0.130. The molecule has 0 unspecified atom stereocenters. The van der Waals surface area contributed by atoms with Gasteiger partial charge in [-0.15, -0.1) is 24.8 Å². The first-order valence-electron chi connectivity index (χ1n) is 5.68. The molecule has 0 bridgehead atoms. The minimum absolute atomic E-state index is 0. The van der Waals surface area contributed by atoms with Gasteiger partial charge in [-0.05, 0) is 17.7 Å². The fraction of sp³-hybridized carbons (Fsp3) is 0.500. The van der Waals surface area contributed by atoms with E-state index in [1.54, 1.807) is 6.07 Å². The largest absolute Gasteiger partial charge is 0.314 e. The van der Waals surface area contributed by atoms with E-state index in [1.807, 2.05) is 0 Å². The van der Waals surface area contributed by atoms with Crippen molar-refractivity contribution in [2.24, 2.45) is 0 Å². The highest BCUT2D eigenvalue weighted by Crippen LogP contribution is 2.25. The SMILES string of the molecule is Cl.Cl.FC[C@H](c1ccc(F)c(Cl)c1)N1CCNCC1. The van der Waals surface area contributed by atoms with Crippen LogP contribution in [0.4, 0.5) is 8.78 Å². The van der Waals surface area contributed by atoms with Gasteiger partial charge in [0.15, 0.2) is 0 Å². The molecule has 0 aliphatic carbocycles. The van der Waals surface area contributed by atoms with E-state index in [0.29, 0.717) is 0 Å². The van der Waals surface area contributed by atoms with Crippen molar-refractivity contribution in [3.8, 4) is 0 Å². The first kappa shape index (κ1) is 18.9. The number of halogens is 5. The Bertz CT molecular complexity index is 387. The van der Waals surface area contributed by atoms with E-state index in [2.05, 4.69) is 10.2 Å². The van der Waals surface area contributed by atoms with Crippen molar-refractivity contribution in [1.82, 2.24) is 10.2 Å². The normalized spacial score (nSPS) is 17.2. The maximum Gasteiger partial charge on any atom is 0.141 e. The van der Waals surface area contributed by atoms with Crippen LogP contribution in [0.3, 0.4) is 0 Å². The number of nitrogens with zero attached hydrogens (tertiary/aromatic N) is 1. The van der Waals surface area contributed by atoms with Gasteiger partial charge in [0.2, 0.25) is 0 Å². The van der Waals surface area contributed by atoms with Gasteiger partial charge in [-0.3, -0.25) is 4.90 Å². The maximum absolute atomic E-state index is 13.2. The summed E-state index contributed by atoms with van der Waals surface area (Å²) in [5.41, 5.74) is 0.737. The second-order valence-electron chi connectivity index (χ2n) is 4.13. The highest BCUT2D eigenvalue weighted by Gasteiger charge is 2.22. The Morgan fingerprint density at radius 3 is 2.42 bits per heavy atom. The third-order valence-electron chi connectivity index (χ3n) is 3.07. The van der Waals surface area contributed by atoms with Crippen molar-refractivity contribution in [3.63, 3.8) is 0 Å². The molecule has 1 N–H and O–H groups in total. The van der Waals surface area contributed by atoms with E-state index in [9.17, 15) is 8.78 Å². The molecule has 0 saturated carbocycles. The molecule has 19 heavy (non-hydrogen) atoms. The number of piperazine rings is 1. The number of nitrogens with one attached hydrogen (secondary N) is 1. The first-order chi connectivity index (χ1) is 8.22. The molecule has 1 heterocycles. The molecule has 0 aromatic heterocycles. The second-order valence-corrected chi connectivity index (χ2v) is 4.54. The molecular weight excluding hydrogens is 317 g/mol. The van der Waals surface area contributed by atoms with Gasteiger partial charge in [0.1, 0.15) is 12.5 Å². The third kappa shape index (κ3) is 4.72. The Kier molecular flexibility index (Phi) is 8.86. The number of alkyl halides is 1. The Morgan fingerprint density at radius 2 is 1.89 bits per heavy atom. The zero-order valence-electron chi connectivity index (χ0n) is 10.2. The highest BCUT2D eigenvalue weighted by atomic mass is 35.5. The molecule has 0 radical (unpaired) electrons. The summed E-state index contributed by atoms with van der Waals surface area (Å²) in [5.74, 6) is -0.465. The van der Waals surface area contributed by atoms with E-state index in [1.165, 1.54) is 12.1 Å². The zero-order chi connectivity index (χ0) is 12.3. The van der Waals surface area contributed by atoms with Gasteiger partial charge in [-0.1, -0.05) is 17.7 Å². The molecule has 0 amide bonds. The quantitative estimate of drug-likeness (QED) is 0.913. The van der Waals surface area contributed by atoms with Crippen LogP contribution in [0.15, 0.2) is 18.2 Å². The molecule has 1 aliphatic rings. The fourth-order valence-electron chi connectivity index (χ4n) is 2.11. The van der Waals surface area contributed by atoms with Gasteiger partial charge in [0.05, 0.1) is 11.1 Å². The zero-order valence-corrected chi connectivity index (χ0v) is 12.6. The lowest BCUT2D eigenvalue weighted by Crippen LogP contribution is -2.45. The van der Waals surface area contributed by atoms with E-state index >= 15 is 0 Å². The van der Waals surface area contributed by atoms with Gasteiger partial charge >= 0.3 is 0 Å². The van der Waals surface area contributed by atoms with Crippen molar-refractivity contribution < 1.29 is 8.78 Å². The van der Waals surface area contributed by atoms with Gasteiger partial charge < -0.3 is 5.32 Å². The van der Waals surface area contributed by atoms with Crippen molar-refractivity contribution >= 4 is 36.4 Å². The fourth-order valence-corrected chi connectivity index (χ4v) is 2.30. The second kappa shape index (κ2) is 8.93. The number of benzene rings is 1. The van der Waals surface area contributed by atoms with Crippen LogP contribution < -0.4 is 5.32 Å². The minimum Gasteiger partial charge on any atom is -0.314 e. The molecule has 1 fully saturated rings. The monoisotopic (exact) mass is 332 g/mol. The van der Waals surface area contributed by atoms with Gasteiger partial charge in [-0.25, -0.2) is 8.78 Å². The van der Waals surface area contributed by atoms with E-state index in [0.717, 1.165) is 31.7 Å². The standard InChI is InChI=1S/C12H15ClF2N2.2ClH/c13-10-7-9(1-2-11(10)15)12(8-14)17-5-3-16-4-6-17;;/h1-2,7,12,16H,3-6,8H2;2*1H/t12-;;/m1../s1. The molecule has 1 aromatic rings. The molecule has 0 spiro atoms. The van der Waals surface area contributed by atoms with Crippen LogP contribution in [-0.2, 0) is 0 Å². The Balaban J connectivity index is 0.00000162. The summed E-state index contributed by atoms with van der Waals surface area (Å²) in [6.07, 6.45) is 0. The van der Waals surface area contributed by atoms with Crippen LogP contribution in [0.1, 0.15) is 11.6 Å². The van der Waals surface area contributed by atoms with Crippen LogP contribution in [0.25, 0.3) is 0 Å². The molecule has 1 atom stereocenters. The first-order valence-corrected chi connectivity index (χ1v) is 6.06. The van der Waals surface area contributed by atoms with Crippen molar-refractivity contribution in [1.29, 1.82) is 0 Å². The highest BCUT2D eigenvalue weighted by molar-refractivity contribution is 6.30. The summed E-state index contributed by atoms with van der Waals surface area (Å²) in [6, 6.07) is 4.09. The number of hydrogen-bond donors (Lipinski definition) is 1. The summed E-state index contributed by atoms with van der Waals surface area (Å²) in [4.78, 5) is 2.06. The molecule has 1 aliphatic heterocycles. The summed E-state index contributed by atoms with van der Waals surface area (Å²) in [5, 5.41) is 3.27. The predicted octanol–water partition coefficient (Wildman–Crippen LogP) is 3.24. The summed E-state index contributed by atoms with van der Waals surface area (Å²) in [6.45, 7) is 2.81. The Morgan fingerprint density at radius 1 is 1.26 bits per heavy atom. The minimum atomic E-state index is -0.484. The number of rotatable bonds is 3. The smallest absolute Gasteiger partial charge is 0.141 e. The van der Waals surface area contributed by atoms with Gasteiger partial charge in [-0.2, -0.15) is 0 Å². The molecule has 2 nitrogen and oxygen atoms in total. The molecule has 1 aromatic carbocycles. The van der Waals surface area contributed by atoms with Crippen LogP contribution >= 0.6 is 36.4 Å². The van der Waals surface area contributed by atoms with Gasteiger partial charge in [0.25, 0.3) is 0 Å². The lowest BCUT2D eigenvalue weighted by Gasteiger charge is -2.33. The van der Waals surface area contributed by atoms with Crippen LogP contribution in [0.5, 0.6) is 0 Å². The molecule has 2 rings (SSSR count). The van der Waals surface area contributed by atoms with Crippen molar-refractivity contribution in [2.75, 3.05) is 32.9 Å². The summed E-state index contributed by atoms with van der Waals surface area (Å²) >= 11 is 5.73. The van der Waals surface area contributed by atoms with Crippen LogP contribution in [0.2, 0.25) is 5.02 Å². The summed E-state index contributed by atoms with van der Waals surface area (Å²) < 4.78 is 26.2. The molecule has 7 heteroatoms. The van der Waals surface area contributed by atoms with Crippen LogP contribution in [-0.4, -0.2) is 37.8 Å². The van der Waals surface area contributed by atoms with Gasteiger partial charge in [0, 0.05) is 26.2 Å². The molecule has 110 valence electrons. The van der Waals surface area contributed by atoms with E-state index < -0.39 is 12.5 Å². The average molecular weight is 334 g/mol. The van der Waals surface area contributed by atoms with E-state index in [-0.39, 0.29) is 35.9 Å². The van der Waals surface area contributed by atoms with Crippen LogP contribution in [0, 0.1) is 5.82 Å². The third-order valence-corrected chi connectivity index (χ3v) is 3.36.